The monoisotopic (exact) mass is 713 g/mol. The van der Waals surface area contributed by atoms with E-state index in [9.17, 15) is 0 Å². The molecule has 11 heteroatoms. The van der Waals surface area contributed by atoms with Crippen LogP contribution in [0.25, 0.3) is 87.7 Å². The van der Waals surface area contributed by atoms with Gasteiger partial charge in [0.15, 0.2) is 17.5 Å². The van der Waals surface area contributed by atoms with Crippen LogP contribution in [0.5, 0.6) is 0 Å². The summed E-state index contributed by atoms with van der Waals surface area (Å²) in [4.78, 5) is 15.2. The molecule has 56 heavy (non-hydrogen) atoms. The molecule has 9 rings (SSSR count). The molecule has 3 nitrogen and oxygen atoms in total. The van der Waals surface area contributed by atoms with Gasteiger partial charge in [0.2, 0.25) is 0 Å². The molecule has 0 bridgehead atoms. The minimum absolute atomic E-state index is 0.189. The van der Waals surface area contributed by atoms with Gasteiger partial charge in [0.05, 0.1) is 0 Å². The van der Waals surface area contributed by atoms with Gasteiger partial charge in [-0.3, -0.25) is 0 Å². The average Bonchev–Trinajstić information content (AvgIpc) is 3.65. The topological polar surface area (TPSA) is 38.7 Å². The van der Waals surface area contributed by atoms with Crippen molar-refractivity contribution in [2.24, 2.45) is 0 Å². The number of rotatable bonds is 6. The zero-order chi connectivity index (χ0) is 38.7. The molecule has 0 fully saturated rings. The normalized spacial score (nSPS) is 11.4. The van der Waals surface area contributed by atoms with Crippen molar-refractivity contribution in [2.45, 2.75) is 0 Å². The second kappa shape index (κ2) is 14.4. The summed E-state index contributed by atoms with van der Waals surface area (Å²) in [5.74, 6) is 1.54. The maximum Gasteiger partial charge on any atom is 0.164 e. The summed E-state index contributed by atoms with van der Waals surface area (Å²) >= 11 is 1.39. The molecule has 0 N–H and O–H groups in total. The third-order valence-electron chi connectivity index (χ3n) is 10.1. The summed E-state index contributed by atoms with van der Waals surface area (Å²) in [5.41, 5.74) is 9.79. The fourth-order valence-electron chi connectivity index (χ4n) is 7.17. The fourth-order valence-corrected chi connectivity index (χ4v) is 8.55. The van der Waals surface area contributed by atoms with Gasteiger partial charge >= 0.3 is 0 Å². The van der Waals surface area contributed by atoms with Crippen LogP contribution >= 0.6 is 11.3 Å². The molecule has 0 unspecified atom stereocenters. The third-order valence-corrected chi connectivity index (χ3v) is 11.4. The molecule has 14 radical (unpaired) electrons. The van der Waals surface area contributed by atoms with E-state index in [1.807, 2.05) is 97.1 Å². The van der Waals surface area contributed by atoms with Crippen molar-refractivity contribution >= 4 is 125 Å². The van der Waals surface area contributed by atoms with Gasteiger partial charge in [0.1, 0.15) is 54.9 Å². The lowest BCUT2D eigenvalue weighted by atomic mass is 9.64. The Bertz CT molecular complexity index is 2970. The largest absolute Gasteiger partial charge is 0.208 e. The predicted octanol–water partition coefficient (Wildman–Crippen LogP) is 3.80. The third kappa shape index (κ3) is 6.15. The van der Waals surface area contributed by atoms with E-state index in [0.717, 1.165) is 49.2 Å². The number of hydrogen-bond acceptors (Lipinski definition) is 4. The first-order valence-electron chi connectivity index (χ1n) is 17.8. The van der Waals surface area contributed by atoms with Crippen molar-refractivity contribution in [1.82, 2.24) is 15.0 Å². The van der Waals surface area contributed by atoms with Crippen LogP contribution in [0, 0.1) is 0 Å². The summed E-state index contributed by atoms with van der Waals surface area (Å²) < 4.78 is 1.39. The summed E-state index contributed by atoms with van der Waals surface area (Å²) in [6.45, 7) is 0. The average molecular weight is 712 g/mol. The Balaban J connectivity index is 1.31. The molecule has 2 heterocycles. The first kappa shape index (κ1) is 35.9. The van der Waals surface area contributed by atoms with E-state index in [0.29, 0.717) is 49.4 Å². The minimum atomic E-state index is 0.189. The lowest BCUT2D eigenvalue weighted by Gasteiger charge is -2.19. The van der Waals surface area contributed by atoms with Gasteiger partial charge in [-0.25, -0.2) is 15.0 Å². The van der Waals surface area contributed by atoms with E-state index in [2.05, 4.69) is 36.4 Å². The summed E-state index contributed by atoms with van der Waals surface area (Å²) in [7, 11) is 46.1. The quantitative estimate of drug-likeness (QED) is 0.247. The maximum atomic E-state index is 6.92. The van der Waals surface area contributed by atoms with Gasteiger partial charge < -0.3 is 0 Å². The highest BCUT2D eigenvalue weighted by atomic mass is 32.1. The molecule has 0 saturated heterocycles. The molecule has 2 aromatic heterocycles. The fraction of sp³-hybridized carbons (Fsp3) is 0. The van der Waals surface area contributed by atoms with Crippen LogP contribution in [-0.2, 0) is 0 Å². The van der Waals surface area contributed by atoms with Crippen LogP contribution in [0.4, 0.5) is 0 Å². The molecule has 244 valence electrons. The number of aromatic nitrogens is 3. The van der Waals surface area contributed by atoms with Gasteiger partial charge in [-0.2, -0.15) is 0 Å². The SMILES string of the molecule is [B]c1c([B])c([B])c2c(sc3c(-c4cc(-c5ccccc5)cc(-c5nc(-c6ccccc6)nc(-c6ccc(-c7ccccc7)cc6)n5)c4)c([B])c([B])c([B])c32)c1[B]. The zero-order valence-electron chi connectivity index (χ0n) is 30.0. The highest BCUT2D eigenvalue weighted by molar-refractivity contribution is 7.28. The summed E-state index contributed by atoms with van der Waals surface area (Å²) in [6.07, 6.45) is 0. The lowest BCUT2D eigenvalue weighted by molar-refractivity contribution is 1.07. The van der Waals surface area contributed by atoms with Gasteiger partial charge in [-0.1, -0.05) is 137 Å². The van der Waals surface area contributed by atoms with E-state index in [4.69, 9.17) is 69.9 Å². The molecule has 0 spiro atoms. The Kier molecular flexibility index (Phi) is 9.22. The Labute approximate surface area is 338 Å². The number of nitrogens with zero attached hydrogens (tertiary/aromatic N) is 3. The lowest BCUT2D eigenvalue weighted by Crippen LogP contribution is -2.47. The van der Waals surface area contributed by atoms with E-state index in [1.165, 1.54) is 11.3 Å². The predicted molar refractivity (Wildman–Crippen MR) is 243 cm³/mol. The second-order valence-corrected chi connectivity index (χ2v) is 14.6. The highest BCUT2D eigenvalue weighted by Crippen LogP contribution is 2.39. The molecule has 0 aliphatic heterocycles. The Morgan fingerprint density at radius 3 is 1.25 bits per heavy atom. The summed E-state index contributed by atoms with van der Waals surface area (Å²) in [6, 6.07) is 44.6. The van der Waals surface area contributed by atoms with E-state index < -0.39 is 0 Å². The number of thiophene rings is 1. The number of hydrogen-bond donors (Lipinski definition) is 0. The van der Waals surface area contributed by atoms with E-state index in [1.54, 1.807) is 0 Å². The van der Waals surface area contributed by atoms with E-state index in [-0.39, 0.29) is 27.3 Å². The van der Waals surface area contributed by atoms with Gasteiger partial charge in [0, 0.05) is 26.1 Å². The Morgan fingerprint density at radius 1 is 0.304 bits per heavy atom. The van der Waals surface area contributed by atoms with Gasteiger partial charge in [-0.15, -0.1) is 27.7 Å². The van der Waals surface area contributed by atoms with Crippen molar-refractivity contribution in [3.8, 4) is 67.5 Å². The van der Waals surface area contributed by atoms with Gasteiger partial charge in [0.25, 0.3) is 0 Å². The van der Waals surface area contributed by atoms with Crippen LogP contribution in [0.15, 0.2) is 133 Å². The molecule has 7 aromatic carbocycles. The highest BCUT2D eigenvalue weighted by Gasteiger charge is 2.22. The molecule has 0 amide bonds. The standard InChI is InChI=1S/C45H22B7N3S/c46-34-31(41-32(35(47)37(34)49)33-36(48)38(50)39(51)40(52)42(33)56-41)29-20-28(24-12-6-2-7-13-24)21-30(22-29)45-54-43(26-14-8-3-9-15-26)53-44(55-45)27-18-16-25(17-19-27)23-10-4-1-5-11-23/h1-22H. The first-order chi connectivity index (χ1) is 27.2. The van der Waals surface area contributed by atoms with Crippen LogP contribution in [0.3, 0.4) is 0 Å². The maximum absolute atomic E-state index is 6.92. The molecule has 0 aliphatic carbocycles. The van der Waals surface area contributed by atoms with Crippen molar-refractivity contribution in [2.75, 3.05) is 0 Å². The van der Waals surface area contributed by atoms with Crippen molar-refractivity contribution in [1.29, 1.82) is 0 Å². The molecular formula is C45H22B7N3S. The second-order valence-electron chi connectivity index (χ2n) is 13.6. The van der Waals surface area contributed by atoms with Crippen molar-refractivity contribution in [3.63, 3.8) is 0 Å². The minimum Gasteiger partial charge on any atom is -0.208 e. The molecule has 0 saturated carbocycles. The van der Waals surface area contributed by atoms with Gasteiger partial charge in [-0.05, 0) is 62.4 Å². The van der Waals surface area contributed by atoms with Crippen molar-refractivity contribution < 1.29 is 0 Å². The molecule has 9 aromatic rings. The zero-order valence-corrected chi connectivity index (χ0v) is 30.8. The Morgan fingerprint density at radius 2 is 0.679 bits per heavy atom. The van der Waals surface area contributed by atoms with Crippen molar-refractivity contribution in [3.05, 3.63) is 133 Å². The molecular weight excluding hydrogens is 690 g/mol. The van der Waals surface area contributed by atoms with E-state index >= 15 is 0 Å². The molecule has 0 atom stereocenters. The Hall–Kier alpha value is -5.78. The smallest absolute Gasteiger partial charge is 0.164 e. The number of benzene rings is 7. The van der Waals surface area contributed by atoms with Crippen LogP contribution in [0.1, 0.15) is 0 Å². The summed E-state index contributed by atoms with van der Waals surface area (Å²) in [5, 5.41) is 1.20. The van der Waals surface area contributed by atoms with Crippen LogP contribution in [0.2, 0.25) is 0 Å². The van der Waals surface area contributed by atoms with Crippen LogP contribution in [-0.4, -0.2) is 69.9 Å². The number of fused-ring (bicyclic) bond motifs is 3. The molecule has 0 aliphatic rings. The first-order valence-corrected chi connectivity index (χ1v) is 18.6. The van der Waals surface area contributed by atoms with Crippen LogP contribution < -0.4 is 38.2 Å².